The summed E-state index contributed by atoms with van der Waals surface area (Å²) < 4.78 is 0. The van der Waals surface area contributed by atoms with E-state index in [2.05, 4.69) is 11.8 Å². The molecule has 0 rings (SSSR count). The Balaban J connectivity index is 0. The summed E-state index contributed by atoms with van der Waals surface area (Å²) >= 11 is 0. The average molecular weight is 156 g/mol. The van der Waals surface area contributed by atoms with Crippen LogP contribution in [0.3, 0.4) is 0 Å². The summed E-state index contributed by atoms with van der Waals surface area (Å²) in [6.07, 6.45) is 0. The van der Waals surface area contributed by atoms with Crippen LogP contribution >= 0.6 is 0 Å². The SMILES string of the molecule is CC.[B]N(C)CC(C)N(C)C. The van der Waals surface area contributed by atoms with Gasteiger partial charge in [-0.05, 0) is 28.1 Å². The monoisotopic (exact) mass is 156 g/mol. The Morgan fingerprint density at radius 1 is 1.18 bits per heavy atom. The average Bonchev–Trinajstić information content (AvgIpc) is 1.90. The van der Waals surface area contributed by atoms with Gasteiger partial charge >= 0.3 is 0 Å². The highest BCUT2D eigenvalue weighted by Crippen LogP contribution is 1.90. The van der Waals surface area contributed by atoms with Crippen molar-refractivity contribution in [2.75, 3.05) is 27.7 Å². The summed E-state index contributed by atoms with van der Waals surface area (Å²) in [5.74, 6) is 0. The fourth-order valence-corrected chi connectivity index (χ4v) is 0.580. The first-order valence-electron chi connectivity index (χ1n) is 4.16. The van der Waals surface area contributed by atoms with Gasteiger partial charge in [-0.25, -0.2) is 0 Å². The van der Waals surface area contributed by atoms with Gasteiger partial charge in [-0.1, -0.05) is 13.8 Å². The molecular weight excluding hydrogens is 135 g/mol. The molecule has 1 unspecified atom stereocenters. The van der Waals surface area contributed by atoms with E-state index in [1.807, 2.05) is 35.0 Å². The molecule has 2 radical (unpaired) electrons. The van der Waals surface area contributed by atoms with Gasteiger partial charge in [0, 0.05) is 12.6 Å². The van der Waals surface area contributed by atoms with Gasteiger partial charge in [0.05, 0.1) is 0 Å². The molecule has 0 heterocycles. The number of hydrogen-bond acceptors (Lipinski definition) is 2. The van der Waals surface area contributed by atoms with E-state index >= 15 is 0 Å². The quantitative estimate of drug-likeness (QED) is 0.562. The standard InChI is InChI=1S/C6H15BN2.C2H6/c1-6(8(2)3)5-9(4)7;1-2/h6H,5H2,1-4H3;1-2H3. The van der Waals surface area contributed by atoms with Gasteiger partial charge in [0.25, 0.3) is 0 Å². The van der Waals surface area contributed by atoms with E-state index < -0.39 is 0 Å². The fourth-order valence-electron chi connectivity index (χ4n) is 0.580. The van der Waals surface area contributed by atoms with E-state index in [9.17, 15) is 0 Å². The molecule has 66 valence electrons. The number of likely N-dealkylation sites (N-methyl/N-ethyl adjacent to an activating group) is 2. The Hall–Kier alpha value is -0.0151. The lowest BCUT2D eigenvalue weighted by molar-refractivity contribution is 0.276. The molecule has 0 aliphatic rings. The Kier molecular flexibility index (Phi) is 9.97. The third-order valence-corrected chi connectivity index (χ3v) is 1.43. The highest BCUT2D eigenvalue weighted by atomic mass is 15.1. The summed E-state index contributed by atoms with van der Waals surface area (Å²) in [5, 5.41) is 0. The maximum Gasteiger partial charge on any atom is 0.182 e. The maximum atomic E-state index is 5.44. The largest absolute Gasteiger partial charge is 0.355 e. The first kappa shape index (κ1) is 13.6. The first-order chi connectivity index (χ1) is 5.04. The van der Waals surface area contributed by atoms with Crippen molar-refractivity contribution in [3.05, 3.63) is 0 Å². The smallest absolute Gasteiger partial charge is 0.182 e. The molecule has 0 aromatic heterocycles. The Morgan fingerprint density at radius 2 is 1.55 bits per heavy atom. The summed E-state index contributed by atoms with van der Waals surface area (Å²) in [6, 6.07) is 0.528. The highest BCUT2D eigenvalue weighted by molar-refractivity contribution is 6.04. The molecule has 0 aromatic rings. The molecule has 0 bridgehead atoms. The molecular formula is C8H21BN2. The molecule has 2 nitrogen and oxygen atoms in total. The van der Waals surface area contributed by atoms with Crippen LogP contribution in [0, 0.1) is 0 Å². The summed E-state index contributed by atoms with van der Waals surface area (Å²) in [4.78, 5) is 3.84. The van der Waals surface area contributed by atoms with Gasteiger partial charge in [0.15, 0.2) is 7.98 Å². The number of nitrogens with zero attached hydrogens (tertiary/aromatic N) is 2. The first-order valence-corrected chi connectivity index (χ1v) is 4.16. The zero-order chi connectivity index (χ0) is 9.44. The van der Waals surface area contributed by atoms with Crippen molar-refractivity contribution in [1.82, 2.24) is 9.71 Å². The molecule has 0 aliphatic heterocycles. The van der Waals surface area contributed by atoms with Crippen molar-refractivity contribution in [1.29, 1.82) is 0 Å². The second-order valence-corrected chi connectivity index (χ2v) is 2.75. The van der Waals surface area contributed by atoms with Crippen molar-refractivity contribution in [3.8, 4) is 0 Å². The van der Waals surface area contributed by atoms with Gasteiger partial charge in [0.2, 0.25) is 0 Å². The zero-order valence-electron chi connectivity index (χ0n) is 8.76. The third-order valence-electron chi connectivity index (χ3n) is 1.43. The van der Waals surface area contributed by atoms with Gasteiger partial charge in [0.1, 0.15) is 0 Å². The van der Waals surface area contributed by atoms with E-state index in [1.165, 1.54) is 0 Å². The molecule has 0 N–H and O–H groups in total. The second-order valence-electron chi connectivity index (χ2n) is 2.75. The van der Waals surface area contributed by atoms with Gasteiger partial charge < -0.3 is 9.71 Å². The lowest BCUT2D eigenvalue weighted by atomic mass is 10.2. The minimum absolute atomic E-state index is 0.528. The second kappa shape index (κ2) is 8.09. The van der Waals surface area contributed by atoms with E-state index in [1.54, 1.807) is 4.81 Å². The van der Waals surface area contributed by atoms with Gasteiger partial charge in [-0.2, -0.15) is 0 Å². The predicted molar refractivity (Wildman–Crippen MR) is 52.9 cm³/mol. The molecule has 0 aliphatic carbocycles. The number of hydrogen-bond donors (Lipinski definition) is 0. The summed E-state index contributed by atoms with van der Waals surface area (Å²) in [5.41, 5.74) is 0. The Bertz CT molecular complexity index is 74.5. The van der Waals surface area contributed by atoms with E-state index in [0.717, 1.165) is 6.54 Å². The highest BCUT2D eigenvalue weighted by Gasteiger charge is 2.03. The molecule has 11 heavy (non-hydrogen) atoms. The topological polar surface area (TPSA) is 6.48 Å². The molecule has 0 spiro atoms. The molecule has 0 aromatic carbocycles. The van der Waals surface area contributed by atoms with Crippen molar-refractivity contribution in [2.24, 2.45) is 0 Å². The van der Waals surface area contributed by atoms with Gasteiger partial charge in [-0.15, -0.1) is 0 Å². The minimum atomic E-state index is 0.528. The van der Waals surface area contributed by atoms with Crippen LogP contribution < -0.4 is 0 Å². The van der Waals surface area contributed by atoms with E-state index in [0.29, 0.717) is 6.04 Å². The van der Waals surface area contributed by atoms with Crippen molar-refractivity contribution in [3.63, 3.8) is 0 Å². The summed E-state index contributed by atoms with van der Waals surface area (Å²) in [6.45, 7) is 7.05. The van der Waals surface area contributed by atoms with E-state index in [-0.39, 0.29) is 0 Å². The Morgan fingerprint density at radius 3 is 1.64 bits per heavy atom. The fraction of sp³-hybridized carbons (Fsp3) is 1.00. The third kappa shape index (κ3) is 9.98. The molecule has 1 atom stereocenters. The van der Waals surface area contributed by atoms with Gasteiger partial charge in [-0.3, -0.25) is 0 Å². The summed E-state index contributed by atoms with van der Waals surface area (Å²) in [7, 11) is 11.4. The van der Waals surface area contributed by atoms with Crippen LogP contribution in [-0.4, -0.2) is 51.4 Å². The van der Waals surface area contributed by atoms with Crippen LogP contribution in [-0.2, 0) is 0 Å². The van der Waals surface area contributed by atoms with E-state index in [4.69, 9.17) is 7.98 Å². The number of rotatable bonds is 3. The van der Waals surface area contributed by atoms with Crippen LogP contribution in [0.15, 0.2) is 0 Å². The van der Waals surface area contributed by atoms with Crippen molar-refractivity contribution in [2.45, 2.75) is 26.8 Å². The predicted octanol–water partition coefficient (Wildman–Crippen LogP) is 0.978. The van der Waals surface area contributed by atoms with Crippen LogP contribution in [0.2, 0.25) is 0 Å². The van der Waals surface area contributed by atoms with Crippen molar-refractivity contribution >= 4 is 7.98 Å². The maximum absolute atomic E-state index is 5.44. The lowest BCUT2D eigenvalue weighted by Crippen LogP contribution is -2.35. The molecule has 0 fully saturated rings. The lowest BCUT2D eigenvalue weighted by Gasteiger charge is -2.23. The Labute approximate surface area is 73.0 Å². The zero-order valence-corrected chi connectivity index (χ0v) is 8.76. The normalized spacial score (nSPS) is 12.7. The molecule has 0 saturated carbocycles. The molecule has 0 amide bonds. The molecule has 0 saturated heterocycles. The minimum Gasteiger partial charge on any atom is -0.355 e. The van der Waals surface area contributed by atoms with Crippen LogP contribution in [0.25, 0.3) is 0 Å². The van der Waals surface area contributed by atoms with Crippen molar-refractivity contribution < 1.29 is 0 Å². The van der Waals surface area contributed by atoms with Crippen LogP contribution in [0.1, 0.15) is 20.8 Å². The molecule has 3 heteroatoms. The van der Waals surface area contributed by atoms with Crippen LogP contribution in [0.4, 0.5) is 0 Å². The van der Waals surface area contributed by atoms with Crippen LogP contribution in [0.5, 0.6) is 0 Å².